The van der Waals surface area contributed by atoms with Crippen molar-refractivity contribution in [1.82, 2.24) is 0 Å². The van der Waals surface area contributed by atoms with Crippen LogP contribution in [0.1, 0.15) is 11.1 Å². The van der Waals surface area contributed by atoms with Gasteiger partial charge in [-0.25, -0.2) is 0 Å². The molecule has 1 aromatic carbocycles. The zero-order valence-corrected chi connectivity index (χ0v) is 8.29. The molecule has 0 saturated heterocycles. The van der Waals surface area contributed by atoms with Crippen LogP contribution in [0.15, 0.2) is 12.1 Å². The third-order valence-electron chi connectivity index (χ3n) is 1.97. The van der Waals surface area contributed by atoms with Gasteiger partial charge in [-0.3, -0.25) is 4.79 Å². The Morgan fingerprint density at radius 3 is 2.36 bits per heavy atom. The van der Waals surface area contributed by atoms with E-state index in [4.69, 9.17) is 10.8 Å². The second-order valence-electron chi connectivity index (χ2n) is 3.28. The quantitative estimate of drug-likeness (QED) is 0.635. The van der Waals surface area contributed by atoms with E-state index in [1.54, 1.807) is 0 Å². The summed E-state index contributed by atoms with van der Waals surface area (Å²) in [5, 5.41) is 11.4. The van der Waals surface area contributed by atoms with Crippen molar-refractivity contribution in [3.05, 3.63) is 23.3 Å². The number of hydrogen-bond acceptors (Lipinski definition) is 3. The van der Waals surface area contributed by atoms with Crippen molar-refractivity contribution in [3.63, 3.8) is 0 Å². The first-order valence-corrected chi connectivity index (χ1v) is 4.33. The predicted octanol–water partition coefficient (Wildman–Crippen LogP) is 1.38. The largest absolute Gasteiger partial charge is 0.480 e. The highest BCUT2D eigenvalue weighted by Crippen LogP contribution is 2.22. The summed E-state index contributed by atoms with van der Waals surface area (Å²) in [6.45, 7) is 3.71. The number of nitrogens with one attached hydrogen (secondary N) is 1. The van der Waals surface area contributed by atoms with Crippen molar-refractivity contribution in [2.45, 2.75) is 13.8 Å². The van der Waals surface area contributed by atoms with Crippen LogP contribution >= 0.6 is 0 Å². The van der Waals surface area contributed by atoms with Crippen molar-refractivity contribution < 1.29 is 9.90 Å². The van der Waals surface area contributed by atoms with Crippen LogP contribution in [0.5, 0.6) is 0 Å². The summed E-state index contributed by atoms with van der Waals surface area (Å²) in [5.41, 5.74) is 9.11. The van der Waals surface area contributed by atoms with Gasteiger partial charge >= 0.3 is 5.97 Å². The van der Waals surface area contributed by atoms with Crippen LogP contribution in [0, 0.1) is 13.8 Å². The van der Waals surface area contributed by atoms with E-state index < -0.39 is 5.97 Å². The minimum Gasteiger partial charge on any atom is -0.480 e. The molecule has 0 spiro atoms. The molecule has 0 aromatic heterocycles. The fourth-order valence-electron chi connectivity index (χ4n) is 1.44. The number of carbonyl (C=O) groups is 1. The number of hydrogen-bond donors (Lipinski definition) is 3. The van der Waals surface area contributed by atoms with Crippen LogP contribution < -0.4 is 11.1 Å². The molecular formula is C10H14N2O2. The van der Waals surface area contributed by atoms with E-state index in [0.717, 1.165) is 16.8 Å². The summed E-state index contributed by atoms with van der Waals surface area (Å²) in [6.07, 6.45) is 0. The molecule has 76 valence electrons. The molecule has 14 heavy (non-hydrogen) atoms. The van der Waals surface area contributed by atoms with Crippen LogP contribution in [0.2, 0.25) is 0 Å². The Hall–Kier alpha value is -1.71. The first-order valence-electron chi connectivity index (χ1n) is 4.33. The van der Waals surface area contributed by atoms with Gasteiger partial charge in [-0.2, -0.15) is 0 Å². The maximum absolute atomic E-state index is 10.4. The van der Waals surface area contributed by atoms with E-state index in [0.29, 0.717) is 5.69 Å². The Kier molecular flexibility index (Phi) is 2.96. The first kappa shape index (κ1) is 10.4. The SMILES string of the molecule is Cc1cc(N)cc(C)c1NCC(=O)O. The third kappa shape index (κ3) is 2.39. The fraction of sp³-hybridized carbons (Fsp3) is 0.300. The third-order valence-corrected chi connectivity index (χ3v) is 1.97. The lowest BCUT2D eigenvalue weighted by Gasteiger charge is -2.11. The monoisotopic (exact) mass is 194 g/mol. The molecule has 0 aliphatic carbocycles. The minimum absolute atomic E-state index is 0.0778. The molecule has 0 unspecified atom stereocenters. The molecular weight excluding hydrogens is 180 g/mol. The van der Waals surface area contributed by atoms with Crippen molar-refractivity contribution in [2.24, 2.45) is 0 Å². The van der Waals surface area contributed by atoms with E-state index in [-0.39, 0.29) is 6.54 Å². The number of rotatable bonds is 3. The minimum atomic E-state index is -0.874. The lowest BCUT2D eigenvalue weighted by molar-refractivity contribution is -0.134. The van der Waals surface area contributed by atoms with Crippen LogP contribution in [0.3, 0.4) is 0 Å². The topological polar surface area (TPSA) is 75.3 Å². The van der Waals surface area contributed by atoms with Crippen molar-refractivity contribution >= 4 is 17.3 Å². The highest BCUT2D eigenvalue weighted by Gasteiger charge is 2.04. The van der Waals surface area contributed by atoms with E-state index in [2.05, 4.69) is 5.32 Å². The normalized spacial score (nSPS) is 9.86. The molecule has 1 rings (SSSR count). The van der Waals surface area contributed by atoms with E-state index >= 15 is 0 Å². The number of carboxylic acids is 1. The van der Waals surface area contributed by atoms with Gasteiger partial charge in [-0.1, -0.05) is 0 Å². The zero-order valence-electron chi connectivity index (χ0n) is 8.29. The maximum Gasteiger partial charge on any atom is 0.322 e. The Morgan fingerprint density at radius 2 is 1.93 bits per heavy atom. The molecule has 4 heteroatoms. The molecule has 0 radical (unpaired) electrons. The Morgan fingerprint density at radius 1 is 1.43 bits per heavy atom. The fourth-order valence-corrected chi connectivity index (χ4v) is 1.44. The standard InChI is InChI=1S/C10H14N2O2/c1-6-3-8(11)4-7(2)10(6)12-5-9(13)14/h3-4,12H,5,11H2,1-2H3,(H,13,14). The number of aliphatic carboxylic acids is 1. The van der Waals surface area contributed by atoms with Gasteiger partial charge in [0.15, 0.2) is 0 Å². The van der Waals surface area contributed by atoms with Crippen molar-refractivity contribution in [2.75, 3.05) is 17.6 Å². The maximum atomic E-state index is 10.4. The lowest BCUT2D eigenvalue weighted by Crippen LogP contribution is -2.14. The number of anilines is 2. The van der Waals surface area contributed by atoms with Crippen LogP contribution in [0.25, 0.3) is 0 Å². The second kappa shape index (κ2) is 4.00. The number of benzene rings is 1. The van der Waals surface area contributed by atoms with Gasteiger partial charge < -0.3 is 16.2 Å². The molecule has 1 aromatic rings. The number of nitrogen functional groups attached to an aromatic ring is 1. The molecule has 0 saturated carbocycles. The number of aryl methyl sites for hydroxylation is 2. The average molecular weight is 194 g/mol. The van der Waals surface area contributed by atoms with Gasteiger partial charge in [-0.15, -0.1) is 0 Å². The summed E-state index contributed by atoms with van der Waals surface area (Å²) in [6, 6.07) is 3.63. The summed E-state index contributed by atoms with van der Waals surface area (Å²) in [7, 11) is 0. The van der Waals surface area contributed by atoms with Crippen LogP contribution in [0.4, 0.5) is 11.4 Å². The molecule has 0 heterocycles. The summed E-state index contributed by atoms with van der Waals surface area (Å²) in [5.74, 6) is -0.874. The van der Waals surface area contributed by atoms with Crippen molar-refractivity contribution in [1.29, 1.82) is 0 Å². The van der Waals surface area contributed by atoms with Gasteiger partial charge in [-0.05, 0) is 37.1 Å². The molecule has 0 fully saturated rings. The summed E-state index contributed by atoms with van der Waals surface area (Å²) in [4.78, 5) is 10.4. The van der Waals surface area contributed by atoms with Crippen LogP contribution in [-0.2, 0) is 4.79 Å². The predicted molar refractivity (Wildman–Crippen MR) is 56.5 cm³/mol. The van der Waals surface area contributed by atoms with Gasteiger partial charge in [0.1, 0.15) is 6.54 Å². The van der Waals surface area contributed by atoms with Gasteiger partial charge in [0.2, 0.25) is 0 Å². The number of carboxylic acid groups (broad SMARTS) is 1. The van der Waals surface area contributed by atoms with Gasteiger partial charge in [0, 0.05) is 11.4 Å². The lowest BCUT2D eigenvalue weighted by atomic mass is 10.1. The molecule has 0 aliphatic heterocycles. The zero-order chi connectivity index (χ0) is 10.7. The van der Waals surface area contributed by atoms with E-state index in [9.17, 15) is 4.79 Å². The van der Waals surface area contributed by atoms with E-state index in [1.165, 1.54) is 0 Å². The van der Waals surface area contributed by atoms with Gasteiger partial charge in [0.25, 0.3) is 0 Å². The molecule has 4 nitrogen and oxygen atoms in total. The molecule has 0 bridgehead atoms. The molecule has 0 aliphatic rings. The Balaban J connectivity index is 2.91. The van der Waals surface area contributed by atoms with Crippen LogP contribution in [-0.4, -0.2) is 17.6 Å². The Labute approximate surface area is 82.7 Å². The van der Waals surface area contributed by atoms with E-state index in [1.807, 2.05) is 26.0 Å². The number of nitrogens with two attached hydrogens (primary N) is 1. The summed E-state index contributed by atoms with van der Waals surface area (Å²) < 4.78 is 0. The molecule has 4 N–H and O–H groups in total. The second-order valence-corrected chi connectivity index (χ2v) is 3.28. The molecule has 0 atom stereocenters. The smallest absolute Gasteiger partial charge is 0.322 e. The highest BCUT2D eigenvalue weighted by molar-refractivity contribution is 5.74. The average Bonchev–Trinajstić information content (AvgIpc) is 2.01. The van der Waals surface area contributed by atoms with Crippen molar-refractivity contribution in [3.8, 4) is 0 Å². The van der Waals surface area contributed by atoms with Gasteiger partial charge in [0.05, 0.1) is 0 Å². The summed E-state index contributed by atoms with van der Waals surface area (Å²) >= 11 is 0. The highest BCUT2D eigenvalue weighted by atomic mass is 16.4. The Bertz CT molecular complexity index is 338. The first-order chi connectivity index (χ1) is 6.50. The molecule has 0 amide bonds.